The number of ether oxygens (including phenoxy) is 2. The van der Waals surface area contributed by atoms with Gasteiger partial charge in [-0.25, -0.2) is 0 Å². The van der Waals surface area contributed by atoms with E-state index in [9.17, 15) is 0 Å². The number of rotatable bonds is 2. The summed E-state index contributed by atoms with van der Waals surface area (Å²) in [5.41, 5.74) is 6.45. The van der Waals surface area contributed by atoms with Crippen LogP contribution in [0.15, 0.2) is 24.3 Å². The van der Waals surface area contributed by atoms with Crippen molar-refractivity contribution < 1.29 is 9.47 Å². The Kier molecular flexibility index (Phi) is 2.70. The molecule has 0 bridgehead atoms. The second-order valence-electron chi connectivity index (χ2n) is 3.04. The molecule has 0 saturated heterocycles. The van der Waals surface area contributed by atoms with Gasteiger partial charge >= 0.3 is 0 Å². The Balaban J connectivity index is 2.24. The summed E-state index contributed by atoms with van der Waals surface area (Å²) >= 11 is 0. The molecule has 1 heterocycles. The van der Waals surface area contributed by atoms with Crippen LogP contribution in [0.25, 0.3) is 6.08 Å². The van der Waals surface area contributed by atoms with E-state index >= 15 is 0 Å². The van der Waals surface area contributed by atoms with Gasteiger partial charge in [-0.05, 0) is 17.7 Å². The second-order valence-corrected chi connectivity index (χ2v) is 3.04. The molecule has 3 heteroatoms. The molecule has 3 nitrogen and oxygen atoms in total. The smallest absolute Gasteiger partial charge is 0.161 e. The minimum atomic E-state index is 0.550. The summed E-state index contributed by atoms with van der Waals surface area (Å²) < 4.78 is 10.9. The summed E-state index contributed by atoms with van der Waals surface area (Å²) in [4.78, 5) is 0. The minimum Gasteiger partial charge on any atom is -0.486 e. The SMILES string of the molecule is NCC=Cc1ccc2c(c1)OCCO2. The summed E-state index contributed by atoms with van der Waals surface area (Å²) in [5, 5.41) is 0. The Morgan fingerprint density at radius 2 is 2.00 bits per heavy atom. The molecule has 0 aliphatic carbocycles. The molecule has 1 aliphatic heterocycles. The van der Waals surface area contributed by atoms with Gasteiger partial charge in [0, 0.05) is 6.54 Å². The summed E-state index contributed by atoms with van der Waals surface area (Å²) in [5.74, 6) is 1.64. The zero-order valence-corrected chi connectivity index (χ0v) is 7.90. The van der Waals surface area contributed by atoms with Gasteiger partial charge in [-0.1, -0.05) is 18.2 Å². The average molecular weight is 191 g/mol. The molecule has 0 radical (unpaired) electrons. The number of benzene rings is 1. The van der Waals surface area contributed by atoms with Crippen molar-refractivity contribution in [3.05, 3.63) is 29.8 Å². The predicted octanol–water partition coefficient (Wildman–Crippen LogP) is 1.43. The van der Waals surface area contributed by atoms with E-state index in [1.54, 1.807) is 0 Å². The van der Waals surface area contributed by atoms with Crippen molar-refractivity contribution in [2.45, 2.75) is 0 Å². The first-order valence-corrected chi connectivity index (χ1v) is 4.66. The molecule has 1 aliphatic rings. The molecule has 0 fully saturated rings. The molecule has 2 rings (SSSR count). The van der Waals surface area contributed by atoms with Crippen molar-refractivity contribution in [1.29, 1.82) is 0 Å². The Morgan fingerprint density at radius 3 is 2.79 bits per heavy atom. The Labute approximate surface area is 83.1 Å². The highest BCUT2D eigenvalue weighted by Gasteiger charge is 2.10. The Morgan fingerprint density at radius 1 is 1.21 bits per heavy atom. The summed E-state index contributed by atoms with van der Waals surface area (Å²) in [6.07, 6.45) is 3.88. The third-order valence-corrected chi connectivity index (χ3v) is 2.01. The first-order valence-electron chi connectivity index (χ1n) is 4.66. The fraction of sp³-hybridized carbons (Fsp3) is 0.273. The molecule has 0 aromatic heterocycles. The van der Waals surface area contributed by atoms with Gasteiger partial charge in [0.15, 0.2) is 11.5 Å². The standard InChI is InChI=1S/C11H13NO2/c12-5-1-2-9-3-4-10-11(8-9)14-7-6-13-10/h1-4,8H,5-7,12H2. The summed E-state index contributed by atoms with van der Waals surface area (Å²) in [7, 11) is 0. The van der Waals surface area contributed by atoms with E-state index in [0.29, 0.717) is 19.8 Å². The molecular formula is C11H13NO2. The van der Waals surface area contributed by atoms with Crippen LogP contribution in [0, 0.1) is 0 Å². The van der Waals surface area contributed by atoms with Crippen LogP contribution >= 0.6 is 0 Å². The fourth-order valence-electron chi connectivity index (χ4n) is 1.37. The van der Waals surface area contributed by atoms with E-state index in [4.69, 9.17) is 15.2 Å². The monoisotopic (exact) mass is 191 g/mol. The fourth-order valence-corrected chi connectivity index (χ4v) is 1.37. The molecule has 0 saturated carbocycles. The predicted molar refractivity (Wildman–Crippen MR) is 55.5 cm³/mol. The van der Waals surface area contributed by atoms with Gasteiger partial charge < -0.3 is 15.2 Å². The van der Waals surface area contributed by atoms with E-state index < -0.39 is 0 Å². The van der Waals surface area contributed by atoms with Gasteiger partial charge in [0.05, 0.1) is 0 Å². The lowest BCUT2D eigenvalue weighted by Gasteiger charge is -2.18. The molecule has 0 unspecified atom stereocenters. The van der Waals surface area contributed by atoms with Crippen molar-refractivity contribution in [3.63, 3.8) is 0 Å². The van der Waals surface area contributed by atoms with Crippen molar-refractivity contribution in [1.82, 2.24) is 0 Å². The van der Waals surface area contributed by atoms with Crippen LogP contribution in [0.5, 0.6) is 11.5 Å². The van der Waals surface area contributed by atoms with Gasteiger partial charge in [-0.2, -0.15) is 0 Å². The van der Waals surface area contributed by atoms with Crippen molar-refractivity contribution in [2.75, 3.05) is 19.8 Å². The van der Waals surface area contributed by atoms with E-state index in [0.717, 1.165) is 17.1 Å². The third-order valence-electron chi connectivity index (χ3n) is 2.01. The van der Waals surface area contributed by atoms with Crippen LogP contribution in [-0.4, -0.2) is 19.8 Å². The molecular weight excluding hydrogens is 178 g/mol. The van der Waals surface area contributed by atoms with Crippen LogP contribution in [0.2, 0.25) is 0 Å². The van der Waals surface area contributed by atoms with E-state index in [1.807, 2.05) is 30.4 Å². The maximum atomic E-state index is 5.45. The molecule has 1 aromatic rings. The van der Waals surface area contributed by atoms with Gasteiger partial charge in [0.2, 0.25) is 0 Å². The minimum absolute atomic E-state index is 0.550. The Bertz CT molecular complexity index is 347. The van der Waals surface area contributed by atoms with Crippen LogP contribution in [0.3, 0.4) is 0 Å². The van der Waals surface area contributed by atoms with Crippen molar-refractivity contribution in [2.24, 2.45) is 5.73 Å². The van der Waals surface area contributed by atoms with Gasteiger partial charge in [-0.3, -0.25) is 0 Å². The largest absolute Gasteiger partial charge is 0.486 e. The van der Waals surface area contributed by atoms with Crippen molar-refractivity contribution >= 4 is 6.08 Å². The normalized spacial score (nSPS) is 14.6. The zero-order valence-electron chi connectivity index (χ0n) is 7.90. The van der Waals surface area contributed by atoms with Gasteiger partial charge in [0.1, 0.15) is 13.2 Å². The third kappa shape index (κ3) is 1.88. The molecule has 74 valence electrons. The van der Waals surface area contributed by atoms with E-state index in [2.05, 4.69) is 0 Å². The maximum absolute atomic E-state index is 5.45. The number of hydrogen-bond acceptors (Lipinski definition) is 3. The highest BCUT2D eigenvalue weighted by atomic mass is 16.6. The van der Waals surface area contributed by atoms with Crippen LogP contribution in [0.4, 0.5) is 0 Å². The molecule has 0 spiro atoms. The van der Waals surface area contributed by atoms with E-state index in [-0.39, 0.29) is 0 Å². The van der Waals surface area contributed by atoms with Crippen LogP contribution < -0.4 is 15.2 Å². The lowest BCUT2D eigenvalue weighted by Crippen LogP contribution is -2.15. The number of nitrogens with two attached hydrogens (primary N) is 1. The second kappa shape index (κ2) is 4.15. The molecule has 0 atom stereocenters. The van der Waals surface area contributed by atoms with Gasteiger partial charge in [0.25, 0.3) is 0 Å². The Hall–Kier alpha value is -1.48. The first-order chi connectivity index (χ1) is 6.90. The zero-order chi connectivity index (χ0) is 9.80. The number of hydrogen-bond donors (Lipinski definition) is 1. The van der Waals surface area contributed by atoms with Crippen LogP contribution in [-0.2, 0) is 0 Å². The highest BCUT2D eigenvalue weighted by molar-refractivity contribution is 5.56. The molecule has 14 heavy (non-hydrogen) atoms. The summed E-state index contributed by atoms with van der Waals surface area (Å²) in [6, 6.07) is 5.87. The van der Waals surface area contributed by atoms with Crippen molar-refractivity contribution in [3.8, 4) is 11.5 Å². The summed E-state index contributed by atoms with van der Waals surface area (Å²) in [6.45, 7) is 1.80. The average Bonchev–Trinajstić information content (AvgIpc) is 2.26. The lowest BCUT2D eigenvalue weighted by molar-refractivity contribution is 0.171. The van der Waals surface area contributed by atoms with E-state index in [1.165, 1.54) is 0 Å². The maximum Gasteiger partial charge on any atom is 0.161 e. The van der Waals surface area contributed by atoms with Crippen LogP contribution in [0.1, 0.15) is 5.56 Å². The topological polar surface area (TPSA) is 44.5 Å². The first kappa shape index (κ1) is 9.09. The molecule has 0 amide bonds. The quantitative estimate of drug-likeness (QED) is 0.769. The number of fused-ring (bicyclic) bond motifs is 1. The highest BCUT2D eigenvalue weighted by Crippen LogP contribution is 2.30. The molecule has 1 aromatic carbocycles. The molecule has 2 N–H and O–H groups in total. The lowest BCUT2D eigenvalue weighted by atomic mass is 10.2. The van der Waals surface area contributed by atoms with Gasteiger partial charge in [-0.15, -0.1) is 0 Å².